The highest BCUT2D eigenvalue weighted by Gasteiger charge is 2.47. The van der Waals surface area contributed by atoms with Crippen molar-refractivity contribution >= 4 is 25.9 Å². The number of aromatic nitrogens is 2. The zero-order valence-electron chi connectivity index (χ0n) is 20.7. The minimum Gasteiger partial charge on any atom is -0.462 e. The molecule has 0 saturated carbocycles. The molecule has 1 fully saturated rings. The molecule has 0 aliphatic carbocycles. The standard InChI is InChI=1S/C23H29N4O8PS/c1-13(2)33-22(29)15(4)26-36(31,35-16-8-6-5-7-9-16)32-12-18-19(28)17(10-24)21(34-18)27-11-14(3)20(37)25-23(27)30/h5-9,11,13,15,17-19,21,28H,12H2,1-4H3,(H,26,31)(H,25,30,37)/t15-,17?,18?,19+,21+,36?/m0/s1. The number of aryl methyl sites for hydroxylation is 1. The van der Waals surface area contributed by atoms with Crippen LogP contribution in [0.25, 0.3) is 0 Å². The summed E-state index contributed by atoms with van der Waals surface area (Å²) in [6.07, 6.45) is -2.67. The van der Waals surface area contributed by atoms with E-state index in [-0.39, 0.29) is 10.4 Å². The predicted molar refractivity (Wildman–Crippen MR) is 134 cm³/mol. The normalized spacial score (nSPS) is 23.7. The van der Waals surface area contributed by atoms with Crippen molar-refractivity contribution in [2.24, 2.45) is 5.92 Å². The zero-order valence-corrected chi connectivity index (χ0v) is 22.4. The highest BCUT2D eigenvalue weighted by molar-refractivity contribution is 7.71. The van der Waals surface area contributed by atoms with Crippen molar-refractivity contribution in [3.8, 4) is 11.8 Å². The van der Waals surface area contributed by atoms with Gasteiger partial charge in [-0.25, -0.2) is 9.36 Å². The first-order valence-corrected chi connectivity index (χ1v) is 13.4. The number of ether oxygens (including phenoxy) is 2. The van der Waals surface area contributed by atoms with Crippen LogP contribution in [0.3, 0.4) is 0 Å². The van der Waals surface area contributed by atoms with Crippen LogP contribution in [0.1, 0.15) is 32.6 Å². The molecule has 37 heavy (non-hydrogen) atoms. The Balaban J connectivity index is 1.81. The van der Waals surface area contributed by atoms with Gasteiger partial charge in [0.2, 0.25) is 0 Å². The van der Waals surface area contributed by atoms with Crippen molar-refractivity contribution in [3.05, 3.63) is 57.2 Å². The maximum Gasteiger partial charge on any atom is 0.459 e. The van der Waals surface area contributed by atoms with E-state index in [1.165, 1.54) is 13.1 Å². The number of hydrogen-bond acceptors (Lipinski definition) is 10. The number of benzene rings is 1. The lowest BCUT2D eigenvalue weighted by Crippen LogP contribution is -2.37. The summed E-state index contributed by atoms with van der Waals surface area (Å²) in [7, 11) is -4.23. The lowest BCUT2D eigenvalue weighted by molar-refractivity contribution is -0.149. The van der Waals surface area contributed by atoms with Crippen LogP contribution in [-0.2, 0) is 23.4 Å². The molecule has 1 aromatic carbocycles. The summed E-state index contributed by atoms with van der Waals surface area (Å²) >= 11 is 5.06. The number of nitrogens with zero attached hydrogens (tertiary/aromatic N) is 2. The molecular formula is C23H29N4O8PS. The van der Waals surface area contributed by atoms with Gasteiger partial charge in [-0.15, -0.1) is 0 Å². The average molecular weight is 553 g/mol. The molecule has 0 radical (unpaired) electrons. The number of esters is 1. The summed E-state index contributed by atoms with van der Waals surface area (Å²) in [5.41, 5.74) is -0.0526. The molecule has 2 heterocycles. The summed E-state index contributed by atoms with van der Waals surface area (Å²) in [4.78, 5) is 27.2. The predicted octanol–water partition coefficient (Wildman–Crippen LogP) is 2.75. The number of carbonyl (C=O) groups excluding carboxylic acids is 1. The molecule has 0 bridgehead atoms. The monoisotopic (exact) mass is 552 g/mol. The van der Waals surface area contributed by atoms with E-state index in [4.69, 9.17) is 30.7 Å². The number of aliphatic hydroxyl groups excluding tert-OH is 1. The Morgan fingerprint density at radius 3 is 2.65 bits per heavy atom. The Labute approximate surface area is 218 Å². The van der Waals surface area contributed by atoms with Crippen molar-refractivity contribution in [2.75, 3.05) is 6.61 Å². The van der Waals surface area contributed by atoms with Crippen LogP contribution >= 0.6 is 20.0 Å². The van der Waals surface area contributed by atoms with Gasteiger partial charge in [0.05, 0.1) is 18.8 Å². The molecule has 3 rings (SSSR count). The van der Waals surface area contributed by atoms with Gasteiger partial charge in [-0.2, -0.15) is 10.3 Å². The second-order valence-electron chi connectivity index (χ2n) is 8.72. The van der Waals surface area contributed by atoms with E-state index in [1.54, 1.807) is 51.1 Å². The Hall–Kier alpha value is -2.85. The molecule has 0 amide bonds. The van der Waals surface area contributed by atoms with Gasteiger partial charge in [-0.05, 0) is 39.8 Å². The second-order valence-corrected chi connectivity index (χ2v) is 10.8. The van der Waals surface area contributed by atoms with E-state index in [9.17, 15) is 24.5 Å². The molecule has 200 valence electrons. The third kappa shape index (κ3) is 7.13. The van der Waals surface area contributed by atoms with Crippen LogP contribution in [-0.4, -0.2) is 51.6 Å². The first kappa shape index (κ1) is 28.7. The first-order chi connectivity index (χ1) is 17.4. The molecular weight excluding hydrogens is 523 g/mol. The minimum atomic E-state index is -4.23. The first-order valence-electron chi connectivity index (χ1n) is 11.5. The lowest BCUT2D eigenvalue weighted by atomic mass is 10.0. The highest BCUT2D eigenvalue weighted by Crippen LogP contribution is 2.46. The van der Waals surface area contributed by atoms with Crippen molar-refractivity contribution < 1.29 is 33.0 Å². The van der Waals surface area contributed by atoms with Gasteiger partial charge in [-0.1, -0.05) is 30.4 Å². The van der Waals surface area contributed by atoms with Gasteiger partial charge in [0.15, 0.2) is 6.23 Å². The molecule has 1 saturated heterocycles. The molecule has 1 aliphatic rings. The molecule has 0 spiro atoms. The van der Waals surface area contributed by atoms with E-state index in [0.717, 1.165) is 4.57 Å². The number of hydrogen-bond donors (Lipinski definition) is 3. The average Bonchev–Trinajstić information content (AvgIpc) is 3.15. The number of carbonyl (C=O) groups is 1. The topological polar surface area (TPSA) is 165 Å². The number of nitrogens with one attached hydrogen (secondary N) is 2. The fourth-order valence-electron chi connectivity index (χ4n) is 3.54. The van der Waals surface area contributed by atoms with Crippen LogP contribution in [0.2, 0.25) is 0 Å². The van der Waals surface area contributed by atoms with Gasteiger partial charge < -0.3 is 19.1 Å². The fraction of sp³-hybridized carbons (Fsp3) is 0.478. The Bertz CT molecular complexity index is 1310. The quantitative estimate of drug-likeness (QED) is 0.225. The largest absolute Gasteiger partial charge is 0.462 e. The molecule has 2 aromatic rings. The molecule has 1 aromatic heterocycles. The lowest BCUT2D eigenvalue weighted by Gasteiger charge is -2.25. The summed E-state index contributed by atoms with van der Waals surface area (Å²) in [6.45, 7) is 5.97. The SMILES string of the molecule is Cc1cn([C@@H]2OC(COP(=O)(N[C@@H](C)C(=O)OC(C)C)Oc3ccccc3)[C@H](O)C2C#N)c(=O)[nH]c1=S. The van der Waals surface area contributed by atoms with Crippen molar-refractivity contribution in [2.45, 2.75) is 58.3 Å². The summed E-state index contributed by atoms with van der Waals surface area (Å²) in [5, 5.41) is 22.9. The number of aromatic amines is 1. The van der Waals surface area contributed by atoms with E-state index in [1.807, 2.05) is 6.07 Å². The van der Waals surface area contributed by atoms with Crippen molar-refractivity contribution in [1.82, 2.24) is 14.6 Å². The number of rotatable bonds is 10. The van der Waals surface area contributed by atoms with Gasteiger partial charge in [0, 0.05) is 11.8 Å². The van der Waals surface area contributed by atoms with Crippen LogP contribution < -0.4 is 15.3 Å². The van der Waals surface area contributed by atoms with Gasteiger partial charge in [0.1, 0.15) is 34.6 Å². The van der Waals surface area contributed by atoms with Crippen LogP contribution in [0.5, 0.6) is 5.75 Å². The highest BCUT2D eigenvalue weighted by atomic mass is 32.1. The maximum absolute atomic E-state index is 13.6. The van der Waals surface area contributed by atoms with Gasteiger partial charge in [0.25, 0.3) is 0 Å². The number of aliphatic hydroxyl groups is 1. The zero-order chi connectivity index (χ0) is 27.3. The molecule has 14 heteroatoms. The third-order valence-corrected chi connectivity index (χ3v) is 7.44. The molecule has 1 aliphatic heterocycles. The van der Waals surface area contributed by atoms with E-state index in [0.29, 0.717) is 5.56 Å². The molecule has 3 unspecified atom stereocenters. The second kappa shape index (κ2) is 12.1. The summed E-state index contributed by atoms with van der Waals surface area (Å²) < 4.78 is 37.1. The smallest absolute Gasteiger partial charge is 0.459 e. The van der Waals surface area contributed by atoms with E-state index in [2.05, 4.69) is 10.1 Å². The summed E-state index contributed by atoms with van der Waals surface area (Å²) in [5.74, 6) is -1.61. The number of H-pyrrole nitrogens is 1. The third-order valence-electron chi connectivity index (χ3n) is 5.37. The van der Waals surface area contributed by atoms with E-state index < -0.39 is 62.5 Å². The van der Waals surface area contributed by atoms with Crippen molar-refractivity contribution in [1.29, 1.82) is 5.26 Å². The Morgan fingerprint density at radius 2 is 2.03 bits per heavy atom. The number of nitriles is 1. The molecule has 6 atom stereocenters. The molecule has 3 N–H and O–H groups in total. The fourth-order valence-corrected chi connectivity index (χ4v) is 5.18. The Kier molecular flexibility index (Phi) is 9.41. The molecule has 12 nitrogen and oxygen atoms in total. The van der Waals surface area contributed by atoms with Gasteiger partial charge >= 0.3 is 19.4 Å². The van der Waals surface area contributed by atoms with Crippen LogP contribution in [0.4, 0.5) is 0 Å². The minimum absolute atomic E-state index is 0.199. The number of para-hydroxylation sites is 1. The van der Waals surface area contributed by atoms with E-state index >= 15 is 0 Å². The Morgan fingerprint density at radius 1 is 1.35 bits per heavy atom. The van der Waals surface area contributed by atoms with Crippen LogP contribution in [0.15, 0.2) is 41.3 Å². The van der Waals surface area contributed by atoms with Crippen molar-refractivity contribution in [3.63, 3.8) is 0 Å². The maximum atomic E-state index is 13.6. The van der Waals surface area contributed by atoms with Gasteiger partial charge in [-0.3, -0.25) is 18.9 Å². The van der Waals surface area contributed by atoms with Crippen LogP contribution in [0, 0.1) is 28.8 Å². The summed E-state index contributed by atoms with van der Waals surface area (Å²) in [6, 6.07) is 9.03.